The van der Waals surface area contributed by atoms with Crippen LogP contribution in [0.2, 0.25) is 0 Å². The highest BCUT2D eigenvalue weighted by Gasteiger charge is 2.50. The SMILES string of the molecule is C=C(NC)C12NC(Cc3ccccc31)c1ccccc12. The quantitative estimate of drug-likeness (QED) is 0.869. The van der Waals surface area contributed by atoms with Crippen LogP contribution in [0.3, 0.4) is 0 Å². The van der Waals surface area contributed by atoms with E-state index in [1.54, 1.807) is 0 Å². The Kier molecular flexibility index (Phi) is 2.33. The maximum Gasteiger partial charge on any atom is 0.110 e. The fraction of sp³-hybridized carbons (Fsp3) is 0.222. The third-order valence-electron chi connectivity index (χ3n) is 4.73. The van der Waals surface area contributed by atoms with E-state index in [1.807, 2.05) is 7.05 Å². The highest BCUT2D eigenvalue weighted by Crippen LogP contribution is 2.50. The third-order valence-corrected chi connectivity index (χ3v) is 4.73. The van der Waals surface area contributed by atoms with Gasteiger partial charge in [0.2, 0.25) is 0 Å². The normalized spacial score (nSPS) is 25.8. The van der Waals surface area contributed by atoms with Crippen molar-refractivity contribution in [2.45, 2.75) is 18.0 Å². The topological polar surface area (TPSA) is 24.1 Å². The molecule has 2 aromatic carbocycles. The van der Waals surface area contributed by atoms with Gasteiger partial charge in [0.1, 0.15) is 5.54 Å². The van der Waals surface area contributed by atoms with Crippen LogP contribution < -0.4 is 10.6 Å². The number of nitrogens with one attached hydrogen (secondary N) is 2. The molecule has 0 spiro atoms. The number of fused-ring (bicyclic) bond motifs is 7. The van der Waals surface area contributed by atoms with E-state index in [0.29, 0.717) is 6.04 Å². The summed E-state index contributed by atoms with van der Waals surface area (Å²) in [5, 5.41) is 7.09. The van der Waals surface area contributed by atoms with E-state index in [0.717, 1.165) is 12.1 Å². The van der Waals surface area contributed by atoms with Crippen molar-refractivity contribution in [2.75, 3.05) is 7.05 Å². The molecule has 0 aromatic heterocycles. The number of likely N-dealkylation sites (N-methyl/N-ethyl adjacent to an activating group) is 1. The van der Waals surface area contributed by atoms with Crippen molar-refractivity contribution in [3.05, 3.63) is 83.1 Å². The van der Waals surface area contributed by atoms with E-state index in [2.05, 4.69) is 65.7 Å². The predicted octanol–water partition coefficient (Wildman–Crippen LogP) is 2.86. The summed E-state index contributed by atoms with van der Waals surface area (Å²) in [4.78, 5) is 0. The molecule has 0 saturated carbocycles. The maximum absolute atomic E-state index is 4.29. The van der Waals surface area contributed by atoms with E-state index in [4.69, 9.17) is 0 Å². The van der Waals surface area contributed by atoms with E-state index < -0.39 is 0 Å². The minimum atomic E-state index is -0.287. The van der Waals surface area contributed by atoms with Crippen LogP contribution in [0.4, 0.5) is 0 Å². The van der Waals surface area contributed by atoms with Gasteiger partial charge in [-0.15, -0.1) is 0 Å². The molecule has 2 aliphatic heterocycles. The molecule has 2 aromatic rings. The molecule has 20 heavy (non-hydrogen) atoms. The largest absolute Gasteiger partial charge is 0.390 e. The van der Waals surface area contributed by atoms with Crippen molar-refractivity contribution in [2.24, 2.45) is 0 Å². The Bertz CT molecular complexity index is 691. The second-order valence-electron chi connectivity index (χ2n) is 5.62. The van der Waals surface area contributed by atoms with Crippen molar-refractivity contribution in [1.82, 2.24) is 10.6 Å². The molecule has 0 aliphatic carbocycles. The fourth-order valence-electron chi connectivity index (χ4n) is 3.83. The van der Waals surface area contributed by atoms with Crippen LogP contribution >= 0.6 is 0 Å². The van der Waals surface area contributed by atoms with Crippen LogP contribution in [0, 0.1) is 0 Å². The zero-order valence-corrected chi connectivity index (χ0v) is 11.6. The number of benzene rings is 2. The molecule has 2 atom stereocenters. The monoisotopic (exact) mass is 262 g/mol. The van der Waals surface area contributed by atoms with Crippen molar-refractivity contribution in [3.63, 3.8) is 0 Å². The molecule has 0 saturated heterocycles. The molecule has 2 heterocycles. The summed E-state index contributed by atoms with van der Waals surface area (Å²) in [5.41, 5.74) is 6.23. The molecule has 0 fully saturated rings. The Labute approximate surface area is 119 Å². The highest BCUT2D eigenvalue weighted by molar-refractivity contribution is 5.59. The van der Waals surface area contributed by atoms with Crippen molar-refractivity contribution >= 4 is 0 Å². The van der Waals surface area contributed by atoms with Gasteiger partial charge in [-0.2, -0.15) is 0 Å². The molecular formula is C18H18N2. The minimum absolute atomic E-state index is 0.287. The first-order chi connectivity index (χ1) is 9.77. The smallest absolute Gasteiger partial charge is 0.110 e. The van der Waals surface area contributed by atoms with Gasteiger partial charge in [-0.05, 0) is 28.7 Å². The lowest BCUT2D eigenvalue weighted by Crippen LogP contribution is -2.48. The van der Waals surface area contributed by atoms with Gasteiger partial charge in [-0.3, -0.25) is 5.32 Å². The Hall–Kier alpha value is -2.06. The van der Waals surface area contributed by atoms with Crippen molar-refractivity contribution < 1.29 is 0 Å². The summed E-state index contributed by atoms with van der Waals surface area (Å²) in [5.74, 6) is 0. The Balaban J connectivity index is 2.07. The van der Waals surface area contributed by atoms with E-state index in [-0.39, 0.29) is 5.54 Å². The molecule has 2 nitrogen and oxygen atoms in total. The molecule has 2 heteroatoms. The van der Waals surface area contributed by atoms with Crippen LogP contribution in [0.5, 0.6) is 0 Å². The van der Waals surface area contributed by atoms with E-state index in [1.165, 1.54) is 22.3 Å². The lowest BCUT2D eigenvalue weighted by molar-refractivity contribution is 0.395. The molecule has 2 unspecified atom stereocenters. The van der Waals surface area contributed by atoms with Crippen LogP contribution in [0.1, 0.15) is 28.3 Å². The predicted molar refractivity (Wildman–Crippen MR) is 81.4 cm³/mol. The molecule has 100 valence electrons. The van der Waals surface area contributed by atoms with Gasteiger partial charge in [0, 0.05) is 18.8 Å². The van der Waals surface area contributed by atoms with Gasteiger partial charge >= 0.3 is 0 Å². The Morgan fingerprint density at radius 3 is 2.65 bits per heavy atom. The molecular weight excluding hydrogens is 244 g/mol. The maximum atomic E-state index is 4.29. The third kappa shape index (κ3) is 1.27. The van der Waals surface area contributed by atoms with Gasteiger partial charge < -0.3 is 5.32 Å². The lowest BCUT2D eigenvalue weighted by atomic mass is 9.78. The molecule has 2 aliphatic rings. The summed E-state index contributed by atoms with van der Waals surface area (Å²) < 4.78 is 0. The first-order valence-electron chi connectivity index (χ1n) is 7.10. The van der Waals surface area contributed by atoms with Crippen LogP contribution in [0.15, 0.2) is 60.8 Å². The average molecular weight is 262 g/mol. The van der Waals surface area contributed by atoms with Gasteiger partial charge in [-0.1, -0.05) is 55.1 Å². The Morgan fingerprint density at radius 2 is 1.85 bits per heavy atom. The zero-order valence-electron chi connectivity index (χ0n) is 11.6. The summed E-state index contributed by atoms with van der Waals surface area (Å²) in [7, 11) is 1.95. The van der Waals surface area contributed by atoms with Crippen LogP contribution in [0.25, 0.3) is 0 Å². The molecule has 0 amide bonds. The molecule has 2 bridgehead atoms. The van der Waals surface area contributed by atoms with Gasteiger partial charge in [-0.25, -0.2) is 0 Å². The summed E-state index contributed by atoms with van der Waals surface area (Å²) in [6.45, 7) is 4.29. The fourth-order valence-corrected chi connectivity index (χ4v) is 3.83. The zero-order chi connectivity index (χ0) is 13.7. The summed E-state index contributed by atoms with van der Waals surface area (Å²) in [6, 6.07) is 17.8. The van der Waals surface area contributed by atoms with Crippen molar-refractivity contribution in [3.8, 4) is 0 Å². The summed E-state index contributed by atoms with van der Waals surface area (Å²) >= 11 is 0. The van der Waals surface area contributed by atoms with Crippen LogP contribution in [-0.2, 0) is 12.0 Å². The first-order valence-corrected chi connectivity index (χ1v) is 7.10. The lowest BCUT2D eigenvalue weighted by Gasteiger charge is -2.39. The Morgan fingerprint density at radius 1 is 1.15 bits per heavy atom. The second-order valence-corrected chi connectivity index (χ2v) is 5.62. The van der Waals surface area contributed by atoms with Gasteiger partial charge in [0.25, 0.3) is 0 Å². The van der Waals surface area contributed by atoms with Crippen molar-refractivity contribution in [1.29, 1.82) is 0 Å². The molecule has 2 N–H and O–H groups in total. The van der Waals surface area contributed by atoms with Gasteiger partial charge in [0.05, 0.1) is 0 Å². The van der Waals surface area contributed by atoms with E-state index in [9.17, 15) is 0 Å². The average Bonchev–Trinajstić information content (AvgIpc) is 2.78. The number of hydrogen-bond donors (Lipinski definition) is 2. The standard InChI is InChI=1S/C18H18N2/c1-12(19-2)18-15-9-5-3-7-13(15)11-17(20-18)14-8-4-6-10-16(14)18/h3-10,17,19-20H,1,11H2,2H3. The molecule has 4 rings (SSSR count). The number of hydrogen-bond acceptors (Lipinski definition) is 2. The van der Waals surface area contributed by atoms with Crippen LogP contribution in [-0.4, -0.2) is 7.05 Å². The minimum Gasteiger partial charge on any atom is -0.390 e. The summed E-state index contributed by atoms with van der Waals surface area (Å²) in [6.07, 6.45) is 1.05. The van der Waals surface area contributed by atoms with Gasteiger partial charge in [0.15, 0.2) is 0 Å². The molecule has 0 radical (unpaired) electrons. The first kappa shape index (κ1) is 11.7. The van der Waals surface area contributed by atoms with E-state index >= 15 is 0 Å². The highest BCUT2D eigenvalue weighted by atomic mass is 15.1. The second kappa shape index (κ2) is 3.97. The number of rotatable bonds is 2.